The summed E-state index contributed by atoms with van der Waals surface area (Å²) in [5, 5.41) is -0.834. The molecule has 2 fully saturated rings. The smallest absolute Gasteiger partial charge is 0.434 e. The van der Waals surface area contributed by atoms with Crippen LogP contribution in [-0.4, -0.2) is 57.9 Å². The normalized spacial score (nSPS) is 28.6. The lowest BCUT2D eigenvalue weighted by molar-refractivity contribution is -0.167. The molecular weight excluding hydrogens is 334 g/mol. The Labute approximate surface area is 137 Å². The molecule has 7 nitrogen and oxygen atoms in total. The van der Waals surface area contributed by atoms with Crippen LogP contribution >= 0.6 is 23.4 Å². The van der Waals surface area contributed by atoms with Gasteiger partial charge in [0.05, 0.1) is 6.61 Å². The standard InChI is InChI=1S/C13H18ClNO6S/c1-4-5-19-12(18)21-6-20-11(17)8-13(2,3)22-10-7(14)9(16)15(8)10/h7-8,10H,4-6H2,1-3H3/t7-,8+,10-/m1/s1. The third-order valence-electron chi connectivity index (χ3n) is 3.40. The van der Waals surface area contributed by atoms with Crippen LogP contribution in [-0.2, 0) is 23.8 Å². The van der Waals surface area contributed by atoms with E-state index in [1.54, 1.807) is 0 Å². The number of hydrogen-bond acceptors (Lipinski definition) is 7. The minimum absolute atomic E-state index is 0.225. The molecule has 9 heteroatoms. The maximum absolute atomic E-state index is 12.2. The quantitative estimate of drug-likeness (QED) is 0.323. The molecule has 0 bridgehead atoms. The second-order valence-corrected chi connectivity index (χ2v) is 7.73. The molecule has 1 amide bonds. The van der Waals surface area contributed by atoms with Crippen LogP contribution in [0.1, 0.15) is 27.2 Å². The molecule has 0 aromatic carbocycles. The van der Waals surface area contributed by atoms with E-state index in [0.29, 0.717) is 6.42 Å². The molecule has 2 saturated heterocycles. The largest absolute Gasteiger partial charge is 0.511 e. The van der Waals surface area contributed by atoms with Gasteiger partial charge in [0.15, 0.2) is 0 Å². The summed E-state index contributed by atoms with van der Waals surface area (Å²) in [4.78, 5) is 36.6. The van der Waals surface area contributed by atoms with Gasteiger partial charge in [0.1, 0.15) is 16.8 Å². The van der Waals surface area contributed by atoms with Crippen molar-refractivity contribution in [1.82, 2.24) is 4.90 Å². The predicted molar refractivity (Wildman–Crippen MR) is 79.4 cm³/mol. The molecule has 0 radical (unpaired) electrons. The van der Waals surface area contributed by atoms with E-state index in [1.807, 2.05) is 20.8 Å². The Morgan fingerprint density at radius 1 is 1.32 bits per heavy atom. The van der Waals surface area contributed by atoms with Crippen molar-refractivity contribution in [2.24, 2.45) is 0 Å². The van der Waals surface area contributed by atoms with Gasteiger partial charge in [0.25, 0.3) is 0 Å². The number of nitrogens with zero attached hydrogens (tertiary/aromatic N) is 1. The zero-order chi connectivity index (χ0) is 16.5. The number of ether oxygens (including phenoxy) is 3. The van der Waals surface area contributed by atoms with Crippen molar-refractivity contribution in [3.63, 3.8) is 0 Å². The van der Waals surface area contributed by atoms with Gasteiger partial charge in [-0.3, -0.25) is 4.79 Å². The maximum Gasteiger partial charge on any atom is 0.511 e. The molecule has 0 N–H and O–H groups in total. The van der Waals surface area contributed by atoms with Gasteiger partial charge < -0.3 is 19.1 Å². The molecule has 0 spiro atoms. The number of rotatable bonds is 5. The van der Waals surface area contributed by atoms with Crippen molar-refractivity contribution in [2.75, 3.05) is 13.4 Å². The van der Waals surface area contributed by atoms with Crippen LogP contribution in [0, 0.1) is 0 Å². The van der Waals surface area contributed by atoms with E-state index in [1.165, 1.54) is 16.7 Å². The first-order valence-electron chi connectivity index (χ1n) is 6.90. The number of hydrogen-bond donors (Lipinski definition) is 0. The third-order valence-corrected chi connectivity index (χ3v) is 5.55. The Bertz CT molecular complexity index is 485. The molecule has 2 aliphatic heterocycles. The molecule has 0 saturated carbocycles. The molecular formula is C13H18ClNO6S. The Balaban J connectivity index is 1.87. The van der Waals surface area contributed by atoms with E-state index < -0.39 is 35.1 Å². The Morgan fingerprint density at radius 2 is 2.00 bits per heavy atom. The molecule has 22 heavy (non-hydrogen) atoms. The fourth-order valence-corrected chi connectivity index (χ4v) is 4.31. The van der Waals surface area contributed by atoms with Gasteiger partial charge in [0, 0.05) is 4.75 Å². The summed E-state index contributed by atoms with van der Waals surface area (Å²) in [7, 11) is 0. The summed E-state index contributed by atoms with van der Waals surface area (Å²) < 4.78 is 13.7. The van der Waals surface area contributed by atoms with Crippen LogP contribution in [0.5, 0.6) is 0 Å². The Morgan fingerprint density at radius 3 is 2.64 bits per heavy atom. The van der Waals surface area contributed by atoms with Crippen LogP contribution in [0.15, 0.2) is 0 Å². The molecule has 3 atom stereocenters. The van der Waals surface area contributed by atoms with Crippen LogP contribution < -0.4 is 0 Å². The second kappa shape index (κ2) is 6.54. The summed E-state index contributed by atoms with van der Waals surface area (Å²) in [5.41, 5.74) is 0. The fourth-order valence-electron chi connectivity index (χ4n) is 2.39. The number of β-lactam (4-membered cyclic amide) rings is 1. The van der Waals surface area contributed by atoms with E-state index in [0.717, 1.165) is 0 Å². The predicted octanol–water partition coefficient (Wildman–Crippen LogP) is 1.72. The number of halogens is 1. The molecule has 124 valence electrons. The van der Waals surface area contributed by atoms with Crippen molar-refractivity contribution in [3.8, 4) is 0 Å². The summed E-state index contributed by atoms with van der Waals surface area (Å²) in [6, 6.07) is -0.750. The van der Waals surface area contributed by atoms with Crippen molar-refractivity contribution in [1.29, 1.82) is 0 Å². The van der Waals surface area contributed by atoms with Crippen molar-refractivity contribution >= 4 is 41.4 Å². The lowest BCUT2D eigenvalue weighted by atomic mass is 9.98. The van der Waals surface area contributed by atoms with Crippen LogP contribution in [0.4, 0.5) is 4.79 Å². The highest BCUT2D eigenvalue weighted by atomic mass is 35.5. The first kappa shape index (κ1) is 17.2. The van der Waals surface area contributed by atoms with Gasteiger partial charge in [0.2, 0.25) is 12.7 Å². The fraction of sp³-hybridized carbons (Fsp3) is 0.769. The zero-order valence-electron chi connectivity index (χ0n) is 12.5. The molecule has 2 rings (SSSR count). The molecule has 2 heterocycles. The highest BCUT2D eigenvalue weighted by molar-refractivity contribution is 8.01. The molecule has 0 unspecified atom stereocenters. The maximum atomic E-state index is 12.2. The van der Waals surface area contributed by atoms with Crippen LogP contribution in [0.3, 0.4) is 0 Å². The topological polar surface area (TPSA) is 82.1 Å². The summed E-state index contributed by atoms with van der Waals surface area (Å²) in [6.07, 6.45) is -0.228. The van der Waals surface area contributed by atoms with E-state index in [2.05, 4.69) is 9.47 Å². The lowest BCUT2D eigenvalue weighted by Crippen LogP contribution is -2.63. The second-order valence-electron chi connectivity index (χ2n) is 5.49. The van der Waals surface area contributed by atoms with Gasteiger partial charge in [-0.15, -0.1) is 23.4 Å². The van der Waals surface area contributed by atoms with Crippen LogP contribution in [0.2, 0.25) is 0 Å². The monoisotopic (exact) mass is 351 g/mol. The van der Waals surface area contributed by atoms with E-state index in [9.17, 15) is 14.4 Å². The summed E-state index contributed by atoms with van der Waals surface area (Å²) >= 11 is 7.40. The van der Waals surface area contributed by atoms with Crippen LogP contribution in [0.25, 0.3) is 0 Å². The highest BCUT2D eigenvalue weighted by Gasteiger charge is 2.63. The zero-order valence-corrected chi connectivity index (χ0v) is 14.1. The number of fused-ring (bicyclic) bond motifs is 1. The average Bonchev–Trinajstić information content (AvgIpc) is 2.73. The third kappa shape index (κ3) is 3.12. The average molecular weight is 352 g/mol. The number of thioether (sulfide) groups is 1. The van der Waals surface area contributed by atoms with Crippen molar-refractivity contribution in [3.05, 3.63) is 0 Å². The number of carbonyl (C=O) groups excluding carboxylic acids is 3. The molecule has 0 aromatic heterocycles. The Kier molecular flexibility index (Phi) is 5.11. The number of esters is 1. The van der Waals surface area contributed by atoms with Gasteiger partial charge in [-0.05, 0) is 20.3 Å². The van der Waals surface area contributed by atoms with Gasteiger partial charge >= 0.3 is 12.1 Å². The number of amides is 1. The highest BCUT2D eigenvalue weighted by Crippen LogP contribution is 2.52. The summed E-state index contributed by atoms with van der Waals surface area (Å²) in [5.74, 6) is -0.907. The first-order valence-corrected chi connectivity index (χ1v) is 8.21. The number of carbonyl (C=O) groups is 3. The van der Waals surface area contributed by atoms with E-state index >= 15 is 0 Å². The van der Waals surface area contributed by atoms with Crippen molar-refractivity contribution in [2.45, 2.75) is 48.7 Å². The molecule has 2 aliphatic rings. The van der Waals surface area contributed by atoms with E-state index in [4.69, 9.17) is 16.3 Å². The molecule has 0 aromatic rings. The number of alkyl halides is 1. The summed E-state index contributed by atoms with van der Waals surface area (Å²) in [6.45, 7) is 5.22. The molecule has 0 aliphatic carbocycles. The van der Waals surface area contributed by atoms with Crippen molar-refractivity contribution < 1.29 is 28.6 Å². The first-order chi connectivity index (χ1) is 10.3. The minimum atomic E-state index is -0.895. The van der Waals surface area contributed by atoms with Gasteiger partial charge in [-0.1, -0.05) is 6.92 Å². The van der Waals surface area contributed by atoms with Gasteiger partial charge in [-0.25, -0.2) is 9.59 Å². The Hall–Kier alpha value is -1.15. The minimum Gasteiger partial charge on any atom is -0.434 e. The van der Waals surface area contributed by atoms with Gasteiger partial charge in [-0.2, -0.15) is 0 Å². The lowest BCUT2D eigenvalue weighted by Gasteiger charge is -2.40. The van der Waals surface area contributed by atoms with E-state index in [-0.39, 0.29) is 17.9 Å². The SMILES string of the molecule is CCCOC(=O)OCOC(=O)[C@@H]1N2C(=O)[C@@H](Cl)[C@H]2SC1(C)C.